The van der Waals surface area contributed by atoms with Gasteiger partial charge in [0.1, 0.15) is 6.04 Å². The third-order valence-electron chi connectivity index (χ3n) is 2.59. The van der Waals surface area contributed by atoms with Gasteiger partial charge < -0.3 is 10.4 Å². The van der Waals surface area contributed by atoms with Gasteiger partial charge in [0.05, 0.1) is 0 Å². The summed E-state index contributed by atoms with van der Waals surface area (Å²) >= 11 is 12.1. The molecule has 2 N–H and O–H groups in total. The molecule has 0 fully saturated rings. The average Bonchev–Trinajstić information content (AvgIpc) is 2.26. The van der Waals surface area contributed by atoms with E-state index < -0.39 is 12.0 Å². The Labute approximate surface area is 117 Å². The molecular formula is C13H17Cl2NO2. The van der Waals surface area contributed by atoms with Gasteiger partial charge in [0, 0.05) is 22.2 Å². The number of benzene rings is 1. The van der Waals surface area contributed by atoms with Crippen molar-refractivity contribution in [3.05, 3.63) is 33.8 Å². The van der Waals surface area contributed by atoms with Crippen LogP contribution in [0.1, 0.15) is 25.8 Å². The first-order valence-electron chi connectivity index (χ1n) is 5.81. The number of hydrogen-bond acceptors (Lipinski definition) is 2. The zero-order valence-electron chi connectivity index (χ0n) is 10.4. The number of rotatable bonds is 6. The molecule has 1 atom stereocenters. The molecular weight excluding hydrogens is 273 g/mol. The summed E-state index contributed by atoms with van der Waals surface area (Å²) in [5.74, 6) is -0.549. The minimum Gasteiger partial charge on any atom is -0.480 e. The predicted octanol–water partition coefficient (Wildman–Crippen LogP) is 3.58. The minimum atomic E-state index is -0.855. The molecule has 0 aliphatic rings. The molecule has 0 heterocycles. The third kappa shape index (κ3) is 4.48. The van der Waals surface area contributed by atoms with Gasteiger partial charge in [0.2, 0.25) is 0 Å². The Hall–Kier alpha value is -0.770. The molecule has 0 unspecified atom stereocenters. The van der Waals surface area contributed by atoms with E-state index in [9.17, 15) is 4.79 Å². The van der Waals surface area contributed by atoms with E-state index in [1.165, 1.54) is 0 Å². The van der Waals surface area contributed by atoms with E-state index in [1.54, 1.807) is 18.2 Å². The molecule has 5 heteroatoms. The fraction of sp³-hybridized carbons (Fsp3) is 0.462. The van der Waals surface area contributed by atoms with E-state index in [4.69, 9.17) is 28.3 Å². The maximum Gasteiger partial charge on any atom is 0.320 e. The monoisotopic (exact) mass is 289 g/mol. The van der Waals surface area contributed by atoms with Crippen LogP contribution < -0.4 is 5.32 Å². The number of carbonyl (C=O) groups is 1. The van der Waals surface area contributed by atoms with Crippen LogP contribution in [0.25, 0.3) is 0 Å². The number of hydrogen-bond donors (Lipinski definition) is 2. The number of halogens is 2. The van der Waals surface area contributed by atoms with E-state index >= 15 is 0 Å². The third-order valence-corrected chi connectivity index (χ3v) is 3.30. The first-order chi connectivity index (χ1) is 8.41. The Kier molecular flexibility index (Phi) is 5.93. The van der Waals surface area contributed by atoms with Crippen LogP contribution in [0.15, 0.2) is 18.2 Å². The van der Waals surface area contributed by atoms with E-state index in [0.29, 0.717) is 28.9 Å². The number of carboxylic acid groups (broad SMARTS) is 1. The minimum absolute atomic E-state index is 0.306. The average molecular weight is 290 g/mol. The Bertz CT molecular complexity index is 401. The lowest BCUT2D eigenvalue weighted by atomic mass is 10.0. The number of nitrogens with one attached hydrogen (secondary N) is 1. The highest BCUT2D eigenvalue weighted by atomic mass is 35.5. The van der Waals surface area contributed by atoms with Crippen molar-refractivity contribution in [2.45, 2.75) is 32.9 Å². The molecule has 18 heavy (non-hydrogen) atoms. The van der Waals surface area contributed by atoms with E-state index in [2.05, 4.69) is 5.32 Å². The summed E-state index contributed by atoms with van der Waals surface area (Å²) in [7, 11) is 0. The van der Waals surface area contributed by atoms with E-state index in [-0.39, 0.29) is 0 Å². The fourth-order valence-electron chi connectivity index (χ4n) is 1.67. The standard InChI is InChI=1S/C13H17Cl2NO2/c1-8(2)6-12(13(17)18)16-7-9-10(14)4-3-5-11(9)15/h3-5,8,12,16H,6-7H2,1-2H3,(H,17,18)/t12-/m0/s1. The lowest BCUT2D eigenvalue weighted by Crippen LogP contribution is -2.37. The number of aliphatic carboxylic acids is 1. The van der Waals surface area contributed by atoms with Gasteiger partial charge in [-0.3, -0.25) is 4.79 Å². The lowest BCUT2D eigenvalue weighted by molar-refractivity contribution is -0.140. The van der Waals surface area contributed by atoms with Crippen LogP contribution in [0.4, 0.5) is 0 Å². The van der Waals surface area contributed by atoms with Crippen LogP contribution in [0, 0.1) is 5.92 Å². The Morgan fingerprint density at radius 3 is 2.33 bits per heavy atom. The van der Waals surface area contributed by atoms with Crippen molar-refractivity contribution >= 4 is 29.2 Å². The summed E-state index contributed by atoms with van der Waals surface area (Å²) in [5, 5.41) is 13.2. The smallest absolute Gasteiger partial charge is 0.320 e. The molecule has 1 aromatic rings. The number of carboxylic acids is 1. The first kappa shape index (κ1) is 15.3. The molecule has 0 radical (unpaired) electrons. The van der Waals surface area contributed by atoms with Crippen LogP contribution >= 0.6 is 23.2 Å². The SMILES string of the molecule is CC(C)C[C@H](NCc1c(Cl)cccc1Cl)C(=O)O. The molecule has 0 aromatic heterocycles. The van der Waals surface area contributed by atoms with Crippen molar-refractivity contribution in [2.24, 2.45) is 5.92 Å². The van der Waals surface area contributed by atoms with Crippen LogP contribution in [0.3, 0.4) is 0 Å². The molecule has 0 aliphatic heterocycles. The van der Waals surface area contributed by atoms with E-state index in [1.807, 2.05) is 13.8 Å². The molecule has 1 rings (SSSR count). The maximum absolute atomic E-state index is 11.1. The lowest BCUT2D eigenvalue weighted by Gasteiger charge is -2.17. The van der Waals surface area contributed by atoms with Gasteiger partial charge in [0.25, 0.3) is 0 Å². The van der Waals surface area contributed by atoms with Crippen molar-refractivity contribution in [3.8, 4) is 0 Å². The molecule has 0 spiro atoms. The summed E-state index contributed by atoms with van der Waals surface area (Å²) in [6.45, 7) is 4.32. The summed E-state index contributed by atoms with van der Waals surface area (Å²) in [5.41, 5.74) is 0.732. The summed E-state index contributed by atoms with van der Waals surface area (Å²) in [6.07, 6.45) is 0.567. The van der Waals surface area contributed by atoms with Gasteiger partial charge in [-0.05, 0) is 24.5 Å². The molecule has 0 aliphatic carbocycles. The molecule has 0 saturated heterocycles. The zero-order valence-corrected chi connectivity index (χ0v) is 11.9. The topological polar surface area (TPSA) is 49.3 Å². The van der Waals surface area contributed by atoms with Gasteiger partial charge in [-0.15, -0.1) is 0 Å². The quantitative estimate of drug-likeness (QED) is 0.842. The highest BCUT2D eigenvalue weighted by Crippen LogP contribution is 2.24. The van der Waals surface area contributed by atoms with Gasteiger partial charge in [-0.1, -0.05) is 43.1 Å². The second-order valence-corrected chi connectivity index (χ2v) is 5.42. The fourth-order valence-corrected chi connectivity index (χ4v) is 2.20. The second kappa shape index (κ2) is 6.98. The highest BCUT2D eigenvalue weighted by molar-refractivity contribution is 6.35. The molecule has 1 aromatic carbocycles. The highest BCUT2D eigenvalue weighted by Gasteiger charge is 2.19. The first-order valence-corrected chi connectivity index (χ1v) is 6.56. The van der Waals surface area contributed by atoms with Crippen LogP contribution in [-0.2, 0) is 11.3 Å². The van der Waals surface area contributed by atoms with Gasteiger partial charge in [-0.2, -0.15) is 0 Å². The van der Waals surface area contributed by atoms with Gasteiger partial charge in [0.15, 0.2) is 0 Å². The van der Waals surface area contributed by atoms with Crippen molar-refractivity contribution in [1.82, 2.24) is 5.32 Å². The maximum atomic E-state index is 11.1. The van der Waals surface area contributed by atoms with Crippen molar-refractivity contribution in [1.29, 1.82) is 0 Å². The summed E-state index contributed by atoms with van der Waals surface area (Å²) < 4.78 is 0. The molecule has 0 saturated carbocycles. The van der Waals surface area contributed by atoms with Crippen LogP contribution in [-0.4, -0.2) is 17.1 Å². The Morgan fingerprint density at radius 2 is 1.89 bits per heavy atom. The van der Waals surface area contributed by atoms with E-state index in [0.717, 1.165) is 5.56 Å². The molecule has 100 valence electrons. The largest absolute Gasteiger partial charge is 0.480 e. The van der Waals surface area contributed by atoms with Crippen molar-refractivity contribution in [2.75, 3.05) is 0 Å². The predicted molar refractivity (Wildman–Crippen MR) is 74.2 cm³/mol. The zero-order chi connectivity index (χ0) is 13.7. The molecule has 3 nitrogen and oxygen atoms in total. The Balaban J connectivity index is 2.70. The summed E-state index contributed by atoms with van der Waals surface area (Å²) in [4.78, 5) is 11.1. The Morgan fingerprint density at radius 1 is 1.33 bits per heavy atom. The molecule has 0 amide bonds. The van der Waals surface area contributed by atoms with Crippen LogP contribution in [0.2, 0.25) is 10.0 Å². The van der Waals surface area contributed by atoms with Crippen molar-refractivity contribution < 1.29 is 9.90 Å². The second-order valence-electron chi connectivity index (χ2n) is 4.60. The van der Waals surface area contributed by atoms with Gasteiger partial charge >= 0.3 is 5.97 Å². The molecule has 0 bridgehead atoms. The summed E-state index contributed by atoms with van der Waals surface area (Å²) in [6, 6.07) is 4.65. The normalized spacial score (nSPS) is 12.7. The van der Waals surface area contributed by atoms with Crippen molar-refractivity contribution in [3.63, 3.8) is 0 Å². The van der Waals surface area contributed by atoms with Crippen LogP contribution in [0.5, 0.6) is 0 Å². The van der Waals surface area contributed by atoms with Gasteiger partial charge in [-0.25, -0.2) is 0 Å².